The van der Waals surface area contributed by atoms with Gasteiger partial charge in [-0.1, -0.05) is 41.6 Å². The highest BCUT2D eigenvalue weighted by molar-refractivity contribution is 5.82. The number of nitrogens with zero attached hydrogens (tertiary/aromatic N) is 4. The largest absolute Gasteiger partial charge is 0.278 e. The molecular weight excluding hydrogens is 262 g/mol. The Labute approximate surface area is 121 Å². The quantitative estimate of drug-likeness (QED) is 0.625. The number of nitrogens with one attached hydrogen (secondary N) is 1. The predicted molar refractivity (Wildman–Crippen MR) is 79.5 cm³/mol. The summed E-state index contributed by atoms with van der Waals surface area (Å²) >= 11 is 0. The Morgan fingerprint density at radius 3 is 2.90 bits per heavy atom. The van der Waals surface area contributed by atoms with Crippen molar-refractivity contribution in [1.82, 2.24) is 25.2 Å². The first kappa shape index (κ1) is 11.8. The molecule has 2 aromatic heterocycles. The molecule has 5 heteroatoms. The molecule has 0 amide bonds. The van der Waals surface area contributed by atoms with E-state index in [1.807, 2.05) is 36.4 Å². The summed E-state index contributed by atoms with van der Waals surface area (Å²) in [4.78, 5) is 0. The first-order valence-corrected chi connectivity index (χ1v) is 6.69. The Morgan fingerprint density at radius 1 is 1.10 bits per heavy atom. The average Bonchev–Trinajstić information content (AvgIpc) is 3.16. The fourth-order valence-electron chi connectivity index (χ4n) is 2.31. The Bertz CT molecular complexity index is 876. The zero-order valence-corrected chi connectivity index (χ0v) is 11.2. The molecule has 0 bridgehead atoms. The normalized spacial score (nSPS) is 11.0. The number of H-pyrrole nitrogens is 1. The molecule has 0 saturated carbocycles. The summed E-state index contributed by atoms with van der Waals surface area (Å²) in [6.07, 6.45) is 5.00. The number of hydrogen-bond donors (Lipinski definition) is 1. The van der Waals surface area contributed by atoms with Gasteiger partial charge in [0.05, 0.1) is 18.3 Å². The molecule has 2 aromatic carbocycles. The number of rotatable bonds is 3. The van der Waals surface area contributed by atoms with Crippen LogP contribution < -0.4 is 0 Å². The molecule has 101 valence electrons. The minimum absolute atomic E-state index is 0.668. The second-order valence-corrected chi connectivity index (χ2v) is 4.87. The van der Waals surface area contributed by atoms with Gasteiger partial charge in [0, 0.05) is 10.9 Å². The number of benzene rings is 2. The van der Waals surface area contributed by atoms with Crippen LogP contribution in [0.2, 0.25) is 0 Å². The van der Waals surface area contributed by atoms with Crippen molar-refractivity contribution in [2.75, 3.05) is 0 Å². The van der Waals surface area contributed by atoms with Crippen molar-refractivity contribution < 1.29 is 0 Å². The van der Waals surface area contributed by atoms with Gasteiger partial charge in [-0.3, -0.25) is 5.10 Å². The van der Waals surface area contributed by atoms with Crippen molar-refractivity contribution in [2.45, 2.75) is 6.54 Å². The zero-order chi connectivity index (χ0) is 14.1. The van der Waals surface area contributed by atoms with E-state index in [9.17, 15) is 0 Å². The minimum atomic E-state index is 0.668. The molecule has 0 spiro atoms. The topological polar surface area (TPSA) is 59.4 Å². The van der Waals surface area contributed by atoms with Crippen LogP contribution in [0.4, 0.5) is 0 Å². The molecule has 21 heavy (non-hydrogen) atoms. The van der Waals surface area contributed by atoms with Gasteiger partial charge in [-0.15, -0.1) is 5.10 Å². The molecule has 4 aromatic rings. The van der Waals surface area contributed by atoms with E-state index in [2.05, 4.69) is 38.8 Å². The summed E-state index contributed by atoms with van der Waals surface area (Å²) < 4.78 is 1.73. The fourth-order valence-corrected chi connectivity index (χ4v) is 2.31. The molecule has 0 aliphatic rings. The second-order valence-electron chi connectivity index (χ2n) is 4.87. The second kappa shape index (κ2) is 4.86. The predicted octanol–water partition coefficient (Wildman–Crippen LogP) is 2.67. The molecular formula is C16H12N5. The molecule has 5 nitrogen and oxygen atoms in total. The highest BCUT2D eigenvalue weighted by Gasteiger charge is 2.07. The van der Waals surface area contributed by atoms with E-state index in [0.717, 1.165) is 22.2 Å². The van der Waals surface area contributed by atoms with Crippen molar-refractivity contribution in [3.63, 3.8) is 0 Å². The number of aromatic nitrogens is 5. The van der Waals surface area contributed by atoms with Gasteiger partial charge >= 0.3 is 0 Å². The summed E-state index contributed by atoms with van der Waals surface area (Å²) in [5, 5.41) is 16.4. The maximum Gasteiger partial charge on any atom is 0.122 e. The van der Waals surface area contributed by atoms with E-state index in [1.54, 1.807) is 10.9 Å². The van der Waals surface area contributed by atoms with Crippen molar-refractivity contribution in [3.05, 3.63) is 66.5 Å². The molecule has 0 fully saturated rings. The van der Waals surface area contributed by atoms with Gasteiger partial charge in [0.15, 0.2) is 0 Å². The lowest BCUT2D eigenvalue weighted by molar-refractivity contribution is 0.646. The van der Waals surface area contributed by atoms with E-state index in [0.29, 0.717) is 6.54 Å². The molecule has 4 rings (SSSR count). The summed E-state index contributed by atoms with van der Waals surface area (Å²) in [7, 11) is 0. The molecule has 2 heterocycles. The van der Waals surface area contributed by atoms with E-state index in [-0.39, 0.29) is 0 Å². The van der Waals surface area contributed by atoms with E-state index >= 15 is 0 Å². The first-order chi connectivity index (χ1) is 10.4. The highest BCUT2D eigenvalue weighted by Crippen LogP contribution is 2.21. The summed E-state index contributed by atoms with van der Waals surface area (Å²) in [6, 6.07) is 16.2. The highest BCUT2D eigenvalue weighted by atomic mass is 15.4. The number of aromatic amines is 1. The standard InChI is InChI=1S/C16H12N5/c1-2-4-12(5-3-1)10-21-11-16(19-20-21)13-6-7-15-14(8-13)9-17-18-15/h1-9H,10H2,(H,17,18). The lowest BCUT2D eigenvalue weighted by Crippen LogP contribution is -2.00. The van der Waals surface area contributed by atoms with Crippen LogP contribution in [0, 0.1) is 6.20 Å². The van der Waals surface area contributed by atoms with Crippen LogP contribution >= 0.6 is 0 Å². The van der Waals surface area contributed by atoms with Crippen molar-refractivity contribution in [1.29, 1.82) is 0 Å². The van der Waals surface area contributed by atoms with Gasteiger partial charge in [-0.25, -0.2) is 4.68 Å². The Balaban J connectivity index is 1.64. The smallest absolute Gasteiger partial charge is 0.122 e. The minimum Gasteiger partial charge on any atom is -0.278 e. The monoisotopic (exact) mass is 274 g/mol. The zero-order valence-electron chi connectivity index (χ0n) is 11.2. The fraction of sp³-hybridized carbons (Fsp3) is 0.0625. The lowest BCUT2D eigenvalue weighted by Gasteiger charge is -1.99. The average molecular weight is 274 g/mol. The number of hydrogen-bond acceptors (Lipinski definition) is 3. The van der Waals surface area contributed by atoms with Crippen molar-refractivity contribution in [3.8, 4) is 11.3 Å². The molecule has 0 atom stereocenters. The van der Waals surface area contributed by atoms with Crippen LogP contribution in [0.5, 0.6) is 0 Å². The third kappa shape index (κ3) is 2.29. The molecule has 0 saturated heterocycles. The summed E-state index contributed by atoms with van der Waals surface area (Å²) in [5.74, 6) is 0. The maximum absolute atomic E-state index is 4.20. The van der Waals surface area contributed by atoms with Gasteiger partial charge in [0.25, 0.3) is 0 Å². The van der Waals surface area contributed by atoms with E-state index in [4.69, 9.17) is 0 Å². The maximum atomic E-state index is 4.20. The van der Waals surface area contributed by atoms with Crippen LogP contribution in [-0.2, 0) is 6.54 Å². The third-order valence-electron chi connectivity index (χ3n) is 3.38. The van der Waals surface area contributed by atoms with Gasteiger partial charge < -0.3 is 0 Å². The van der Waals surface area contributed by atoms with Gasteiger partial charge in [0.1, 0.15) is 11.9 Å². The molecule has 0 unspecified atom stereocenters. The first-order valence-electron chi connectivity index (χ1n) is 6.69. The van der Waals surface area contributed by atoms with Gasteiger partial charge in [-0.2, -0.15) is 5.10 Å². The SMILES string of the molecule is [c]1c(-c2ccc3[nH]ncc3c2)nnn1Cc1ccccc1. The number of fused-ring (bicyclic) bond motifs is 1. The van der Waals surface area contributed by atoms with Crippen LogP contribution in [0.15, 0.2) is 54.7 Å². The molecule has 1 N–H and O–H groups in total. The Hall–Kier alpha value is -2.95. The summed E-state index contributed by atoms with van der Waals surface area (Å²) in [5.41, 5.74) is 3.92. The molecule has 1 radical (unpaired) electrons. The summed E-state index contributed by atoms with van der Waals surface area (Å²) in [6.45, 7) is 0.668. The Morgan fingerprint density at radius 2 is 2.00 bits per heavy atom. The van der Waals surface area contributed by atoms with Crippen LogP contribution in [-0.4, -0.2) is 25.2 Å². The van der Waals surface area contributed by atoms with E-state index in [1.165, 1.54) is 5.56 Å². The molecule has 0 aliphatic heterocycles. The third-order valence-corrected chi connectivity index (χ3v) is 3.38. The van der Waals surface area contributed by atoms with Crippen molar-refractivity contribution in [2.24, 2.45) is 0 Å². The van der Waals surface area contributed by atoms with Crippen LogP contribution in [0.25, 0.3) is 22.2 Å². The van der Waals surface area contributed by atoms with Crippen LogP contribution in [0.3, 0.4) is 0 Å². The van der Waals surface area contributed by atoms with Gasteiger partial charge in [-0.05, 0) is 17.7 Å². The molecule has 0 aliphatic carbocycles. The van der Waals surface area contributed by atoms with Gasteiger partial charge in [0.2, 0.25) is 0 Å². The lowest BCUT2D eigenvalue weighted by atomic mass is 10.1. The van der Waals surface area contributed by atoms with Crippen LogP contribution in [0.1, 0.15) is 5.56 Å². The van der Waals surface area contributed by atoms with Crippen molar-refractivity contribution >= 4 is 10.9 Å². The van der Waals surface area contributed by atoms with E-state index < -0.39 is 0 Å². The Kier molecular flexibility index (Phi) is 2.74.